The third kappa shape index (κ3) is 3.64. The maximum atomic E-state index is 5.57. The van der Waals surface area contributed by atoms with Crippen molar-refractivity contribution in [1.29, 1.82) is 0 Å². The number of rotatable bonds is 5. The van der Waals surface area contributed by atoms with Gasteiger partial charge in [-0.1, -0.05) is 42.5 Å². The van der Waals surface area contributed by atoms with Gasteiger partial charge >= 0.3 is 6.72 Å². The molecule has 100 valence electrons. The average molecular weight is 294 g/mol. The topological polar surface area (TPSA) is 27.7 Å². The quantitative estimate of drug-likeness (QED) is 0.771. The number of benzene rings is 2. The first-order valence-electron chi connectivity index (χ1n) is 5.73. The number of hydrogen-bond acceptors (Lipinski definition) is 4. The van der Waals surface area contributed by atoms with E-state index in [9.17, 15) is 0 Å². The largest absolute Gasteiger partial charge is 0.424 e. The van der Waals surface area contributed by atoms with E-state index >= 15 is 0 Å². The first-order valence-corrected chi connectivity index (χ1v) is 8.29. The molecule has 0 atom stereocenters. The van der Waals surface area contributed by atoms with Crippen LogP contribution in [-0.4, -0.2) is 14.2 Å². The molecule has 0 aromatic heterocycles. The molecular formula is C14H15O3PS. The van der Waals surface area contributed by atoms with Crippen LogP contribution in [0.25, 0.3) is 11.1 Å². The summed E-state index contributed by atoms with van der Waals surface area (Å²) in [5.41, 5.74) is 2.28. The van der Waals surface area contributed by atoms with E-state index in [1.807, 2.05) is 42.5 Å². The van der Waals surface area contributed by atoms with Crippen LogP contribution in [-0.2, 0) is 20.9 Å². The fourth-order valence-corrected chi connectivity index (χ4v) is 2.55. The van der Waals surface area contributed by atoms with Crippen molar-refractivity contribution >= 4 is 18.5 Å². The second kappa shape index (κ2) is 6.31. The summed E-state index contributed by atoms with van der Waals surface area (Å²) >= 11 is 5.16. The van der Waals surface area contributed by atoms with E-state index in [-0.39, 0.29) is 0 Å². The first-order chi connectivity index (χ1) is 9.17. The van der Waals surface area contributed by atoms with Crippen LogP contribution in [0, 0.1) is 0 Å². The lowest BCUT2D eigenvalue weighted by Gasteiger charge is -2.18. The van der Waals surface area contributed by atoms with Crippen LogP contribution in [0.5, 0.6) is 5.75 Å². The van der Waals surface area contributed by atoms with Crippen molar-refractivity contribution in [3.8, 4) is 16.9 Å². The molecule has 3 nitrogen and oxygen atoms in total. The second-order valence-electron chi connectivity index (χ2n) is 3.79. The Hall–Kier alpha value is -1.19. The van der Waals surface area contributed by atoms with Gasteiger partial charge in [0.25, 0.3) is 0 Å². The zero-order valence-corrected chi connectivity index (χ0v) is 12.5. The van der Waals surface area contributed by atoms with Crippen molar-refractivity contribution in [3.63, 3.8) is 0 Å². The van der Waals surface area contributed by atoms with Crippen LogP contribution in [0.1, 0.15) is 0 Å². The highest BCUT2D eigenvalue weighted by molar-refractivity contribution is 8.07. The summed E-state index contributed by atoms with van der Waals surface area (Å²) in [4.78, 5) is 0. The predicted molar refractivity (Wildman–Crippen MR) is 80.8 cm³/mol. The van der Waals surface area contributed by atoms with Crippen LogP contribution in [0.4, 0.5) is 0 Å². The second-order valence-corrected chi connectivity index (χ2v) is 6.94. The summed E-state index contributed by atoms with van der Waals surface area (Å²) in [7, 11) is 2.98. The van der Waals surface area contributed by atoms with Gasteiger partial charge in [0.05, 0.1) is 0 Å². The Morgan fingerprint density at radius 2 is 1.32 bits per heavy atom. The van der Waals surface area contributed by atoms with Gasteiger partial charge in [-0.05, 0) is 23.3 Å². The minimum absolute atomic E-state index is 0.645. The fraction of sp³-hybridized carbons (Fsp3) is 0.143. The van der Waals surface area contributed by atoms with Crippen molar-refractivity contribution in [2.24, 2.45) is 0 Å². The molecule has 2 aromatic carbocycles. The van der Waals surface area contributed by atoms with Gasteiger partial charge in [-0.2, -0.15) is 0 Å². The van der Waals surface area contributed by atoms with Crippen molar-refractivity contribution < 1.29 is 13.6 Å². The minimum atomic E-state index is -2.66. The van der Waals surface area contributed by atoms with Gasteiger partial charge < -0.3 is 13.6 Å². The smallest absolute Gasteiger partial charge is 0.380 e. The Labute approximate surface area is 118 Å². The molecule has 5 heteroatoms. The van der Waals surface area contributed by atoms with Crippen molar-refractivity contribution in [3.05, 3.63) is 54.6 Å². The molecular weight excluding hydrogens is 279 g/mol. The Morgan fingerprint density at radius 1 is 0.789 bits per heavy atom. The molecule has 0 saturated carbocycles. The van der Waals surface area contributed by atoms with Gasteiger partial charge in [-0.25, -0.2) is 0 Å². The molecule has 0 unspecified atom stereocenters. The molecule has 19 heavy (non-hydrogen) atoms. The Kier molecular flexibility index (Phi) is 4.72. The summed E-state index contributed by atoms with van der Waals surface area (Å²) < 4.78 is 15.7. The van der Waals surface area contributed by atoms with E-state index < -0.39 is 6.72 Å². The highest BCUT2D eigenvalue weighted by Crippen LogP contribution is 2.48. The summed E-state index contributed by atoms with van der Waals surface area (Å²) in [6, 6.07) is 17.8. The molecule has 0 aliphatic rings. The molecule has 0 aliphatic heterocycles. The van der Waals surface area contributed by atoms with Crippen molar-refractivity contribution in [1.82, 2.24) is 0 Å². The van der Waals surface area contributed by atoms with Crippen molar-refractivity contribution in [2.75, 3.05) is 14.2 Å². The lowest BCUT2D eigenvalue weighted by atomic mass is 10.1. The molecule has 0 N–H and O–H groups in total. The van der Waals surface area contributed by atoms with Gasteiger partial charge in [-0.3, -0.25) is 0 Å². The standard InChI is InChI=1S/C14H15O3PS/c1-15-18(19,16-2)17-14-10-8-13(9-11-14)12-6-4-3-5-7-12/h3-11H,1-2H3. The third-order valence-corrected chi connectivity index (χ3v) is 5.07. The zero-order chi connectivity index (χ0) is 13.7. The monoisotopic (exact) mass is 294 g/mol. The summed E-state index contributed by atoms with van der Waals surface area (Å²) in [5.74, 6) is 0.645. The number of hydrogen-bond donors (Lipinski definition) is 0. The average Bonchev–Trinajstić information content (AvgIpc) is 2.49. The SMILES string of the molecule is COP(=S)(OC)Oc1ccc(-c2ccccc2)cc1. The maximum Gasteiger partial charge on any atom is 0.380 e. The van der Waals surface area contributed by atoms with Crippen LogP contribution in [0.2, 0.25) is 0 Å². The normalized spacial score (nSPS) is 11.3. The molecule has 0 amide bonds. The molecule has 2 aromatic rings. The highest BCUT2D eigenvalue weighted by atomic mass is 32.5. The molecule has 0 bridgehead atoms. The van der Waals surface area contributed by atoms with E-state index in [0.29, 0.717) is 5.75 Å². The molecule has 0 heterocycles. The molecule has 2 rings (SSSR count). The first kappa shape index (κ1) is 14.2. The van der Waals surface area contributed by atoms with Gasteiger partial charge in [0, 0.05) is 26.0 Å². The highest BCUT2D eigenvalue weighted by Gasteiger charge is 2.18. The van der Waals surface area contributed by atoms with E-state index in [4.69, 9.17) is 25.4 Å². The Balaban J connectivity index is 2.18. The molecule has 0 saturated heterocycles. The van der Waals surface area contributed by atoms with E-state index in [0.717, 1.165) is 11.1 Å². The Morgan fingerprint density at radius 3 is 1.84 bits per heavy atom. The van der Waals surface area contributed by atoms with Crippen LogP contribution in [0.3, 0.4) is 0 Å². The van der Waals surface area contributed by atoms with E-state index in [2.05, 4.69) is 12.1 Å². The Bertz CT molecular complexity index is 561. The molecule has 0 fully saturated rings. The zero-order valence-electron chi connectivity index (χ0n) is 10.8. The van der Waals surface area contributed by atoms with Crippen LogP contribution < -0.4 is 4.52 Å². The molecule has 0 aliphatic carbocycles. The van der Waals surface area contributed by atoms with Gasteiger partial charge in [0.15, 0.2) is 0 Å². The van der Waals surface area contributed by atoms with Gasteiger partial charge in [-0.15, -0.1) is 0 Å². The van der Waals surface area contributed by atoms with Crippen molar-refractivity contribution in [2.45, 2.75) is 0 Å². The fourth-order valence-electron chi connectivity index (χ4n) is 1.62. The van der Waals surface area contributed by atoms with Gasteiger partial charge in [0.2, 0.25) is 0 Å². The van der Waals surface area contributed by atoms with Gasteiger partial charge in [0.1, 0.15) is 5.75 Å². The maximum absolute atomic E-state index is 5.57. The summed E-state index contributed by atoms with van der Waals surface area (Å²) in [5, 5.41) is 0. The lowest BCUT2D eigenvalue weighted by Crippen LogP contribution is -1.96. The minimum Gasteiger partial charge on any atom is -0.424 e. The summed E-state index contributed by atoms with van der Waals surface area (Å²) in [6.07, 6.45) is 0. The predicted octanol–water partition coefficient (Wildman–Crippen LogP) is 4.25. The van der Waals surface area contributed by atoms with Crippen LogP contribution >= 0.6 is 6.72 Å². The molecule has 0 radical (unpaired) electrons. The molecule has 0 spiro atoms. The van der Waals surface area contributed by atoms with E-state index in [1.165, 1.54) is 14.2 Å². The lowest BCUT2D eigenvalue weighted by molar-refractivity contribution is 0.273. The van der Waals surface area contributed by atoms with E-state index in [1.54, 1.807) is 0 Å². The summed E-state index contributed by atoms with van der Waals surface area (Å²) in [6.45, 7) is -2.66. The van der Waals surface area contributed by atoms with Crippen LogP contribution in [0.15, 0.2) is 54.6 Å². The third-order valence-electron chi connectivity index (χ3n) is 2.63.